The fraction of sp³-hybridized carbons (Fsp3) is 0.227. The molecule has 3 aromatic carbocycles. The highest BCUT2D eigenvalue weighted by Crippen LogP contribution is 2.29. The van der Waals surface area contributed by atoms with Gasteiger partial charge in [0.15, 0.2) is 0 Å². The highest BCUT2D eigenvalue weighted by molar-refractivity contribution is 6.07. The molecule has 1 atom stereocenters. The molecule has 0 fully saturated rings. The van der Waals surface area contributed by atoms with E-state index < -0.39 is 6.10 Å². The number of nitrogens with zero attached hydrogens (tertiary/aromatic N) is 1. The number of benzene rings is 3. The van der Waals surface area contributed by atoms with Crippen LogP contribution in [0.15, 0.2) is 60.7 Å². The van der Waals surface area contributed by atoms with Gasteiger partial charge >= 0.3 is 0 Å². The minimum atomic E-state index is -0.717. The second-order valence-electron chi connectivity index (χ2n) is 6.81. The van der Waals surface area contributed by atoms with Crippen molar-refractivity contribution in [2.24, 2.45) is 0 Å². The highest BCUT2D eigenvalue weighted by atomic mass is 16.3. The molecule has 4 nitrogen and oxygen atoms in total. The topological polar surface area (TPSA) is 52.6 Å². The third kappa shape index (κ3) is 3.04. The zero-order chi connectivity index (χ0) is 18.1. The third-order valence-electron chi connectivity index (χ3n) is 5.11. The van der Waals surface area contributed by atoms with Gasteiger partial charge in [-0.05, 0) is 40.5 Å². The number of hydrogen-bond acceptors (Lipinski definition) is 3. The maximum atomic E-state index is 12.6. The Morgan fingerprint density at radius 2 is 1.96 bits per heavy atom. The Bertz CT molecular complexity index is 962. The number of anilines is 1. The Hall–Kier alpha value is -2.85. The Morgan fingerprint density at radius 1 is 1.15 bits per heavy atom. The number of likely N-dealkylation sites (N-methyl/N-ethyl adjacent to an activating group) is 1. The van der Waals surface area contributed by atoms with Gasteiger partial charge in [0.05, 0.1) is 6.10 Å². The molecule has 4 heteroatoms. The first kappa shape index (κ1) is 16.6. The SMILES string of the molecule is CN1CCc2cc(C(O)CNC(=O)c3cccc4ccccc34)ccc21. The predicted octanol–water partition coefficient (Wildman–Crippen LogP) is 3.30. The maximum Gasteiger partial charge on any atom is 0.252 e. The highest BCUT2D eigenvalue weighted by Gasteiger charge is 2.18. The van der Waals surface area contributed by atoms with Crippen LogP contribution < -0.4 is 10.2 Å². The average Bonchev–Trinajstić information content (AvgIpc) is 3.05. The van der Waals surface area contributed by atoms with Crippen LogP contribution in [0, 0.1) is 0 Å². The molecule has 3 aromatic rings. The molecule has 26 heavy (non-hydrogen) atoms. The minimum Gasteiger partial charge on any atom is -0.387 e. The van der Waals surface area contributed by atoms with Crippen LogP contribution in [0.1, 0.15) is 27.6 Å². The van der Waals surface area contributed by atoms with E-state index in [1.54, 1.807) is 0 Å². The van der Waals surface area contributed by atoms with Crippen LogP contribution in [0.25, 0.3) is 10.8 Å². The molecule has 4 rings (SSSR count). The number of carbonyl (C=O) groups is 1. The van der Waals surface area contributed by atoms with Gasteiger partial charge in [-0.3, -0.25) is 4.79 Å². The molecular weight excluding hydrogens is 324 g/mol. The van der Waals surface area contributed by atoms with Crippen molar-refractivity contribution in [2.75, 3.05) is 25.0 Å². The Labute approximate surface area is 153 Å². The second-order valence-corrected chi connectivity index (χ2v) is 6.81. The average molecular weight is 346 g/mol. The van der Waals surface area contributed by atoms with Crippen molar-refractivity contribution < 1.29 is 9.90 Å². The summed E-state index contributed by atoms with van der Waals surface area (Å²) in [6.07, 6.45) is 0.277. The van der Waals surface area contributed by atoms with E-state index in [0.717, 1.165) is 29.3 Å². The molecule has 0 bridgehead atoms. The largest absolute Gasteiger partial charge is 0.387 e. The van der Waals surface area contributed by atoms with E-state index in [4.69, 9.17) is 0 Å². The van der Waals surface area contributed by atoms with Crippen LogP contribution >= 0.6 is 0 Å². The van der Waals surface area contributed by atoms with E-state index in [1.807, 2.05) is 60.7 Å². The summed E-state index contributed by atoms with van der Waals surface area (Å²) in [5, 5.41) is 15.3. The van der Waals surface area contributed by atoms with Crippen LogP contribution in [0.5, 0.6) is 0 Å². The van der Waals surface area contributed by atoms with E-state index in [-0.39, 0.29) is 12.5 Å². The Kier molecular flexibility index (Phi) is 4.35. The zero-order valence-electron chi connectivity index (χ0n) is 14.8. The van der Waals surface area contributed by atoms with Gasteiger partial charge in [-0.1, -0.05) is 48.5 Å². The summed E-state index contributed by atoms with van der Waals surface area (Å²) in [5.41, 5.74) is 3.95. The molecule has 0 spiro atoms. The Balaban J connectivity index is 1.47. The molecule has 1 unspecified atom stereocenters. The summed E-state index contributed by atoms with van der Waals surface area (Å²) in [5.74, 6) is -0.165. The van der Waals surface area contributed by atoms with E-state index in [1.165, 1.54) is 11.3 Å². The predicted molar refractivity (Wildman–Crippen MR) is 105 cm³/mol. The number of carbonyl (C=O) groups excluding carboxylic acids is 1. The van der Waals surface area contributed by atoms with Gasteiger partial charge in [-0.25, -0.2) is 0 Å². The van der Waals surface area contributed by atoms with Gasteiger partial charge in [-0.2, -0.15) is 0 Å². The van der Waals surface area contributed by atoms with Crippen LogP contribution in [0.2, 0.25) is 0 Å². The minimum absolute atomic E-state index is 0.165. The second kappa shape index (κ2) is 6.81. The number of hydrogen-bond donors (Lipinski definition) is 2. The van der Waals surface area contributed by atoms with E-state index in [9.17, 15) is 9.90 Å². The first-order valence-corrected chi connectivity index (χ1v) is 8.91. The van der Waals surface area contributed by atoms with Gasteiger partial charge in [0.25, 0.3) is 5.91 Å². The van der Waals surface area contributed by atoms with Crippen molar-refractivity contribution in [1.82, 2.24) is 5.32 Å². The normalized spacial score (nSPS) is 14.3. The molecule has 0 aromatic heterocycles. The maximum absolute atomic E-state index is 12.6. The van der Waals surface area contributed by atoms with Crippen molar-refractivity contribution in [2.45, 2.75) is 12.5 Å². The zero-order valence-corrected chi connectivity index (χ0v) is 14.8. The molecule has 0 radical (unpaired) electrons. The van der Waals surface area contributed by atoms with Gasteiger partial charge in [0.1, 0.15) is 0 Å². The van der Waals surface area contributed by atoms with Gasteiger partial charge < -0.3 is 15.3 Å². The smallest absolute Gasteiger partial charge is 0.252 e. The summed E-state index contributed by atoms with van der Waals surface area (Å²) in [6, 6.07) is 19.5. The van der Waals surface area contributed by atoms with Crippen molar-refractivity contribution in [1.29, 1.82) is 0 Å². The summed E-state index contributed by atoms with van der Waals surface area (Å²) in [7, 11) is 2.08. The van der Waals surface area contributed by atoms with Crippen LogP contribution in [0.3, 0.4) is 0 Å². The molecule has 2 N–H and O–H groups in total. The number of aliphatic hydroxyl groups excluding tert-OH is 1. The molecule has 0 saturated carbocycles. The van der Waals surface area contributed by atoms with E-state index >= 15 is 0 Å². The summed E-state index contributed by atoms with van der Waals surface area (Å²) in [4.78, 5) is 14.8. The quantitative estimate of drug-likeness (QED) is 0.762. The summed E-state index contributed by atoms with van der Waals surface area (Å²) >= 11 is 0. The lowest BCUT2D eigenvalue weighted by molar-refractivity contribution is 0.0918. The first-order valence-electron chi connectivity index (χ1n) is 8.91. The standard InChI is InChI=1S/C22H22N2O2/c1-24-12-11-16-13-17(9-10-20(16)24)21(25)14-23-22(26)19-8-4-6-15-5-2-3-7-18(15)19/h2-10,13,21,25H,11-12,14H2,1H3,(H,23,26). The fourth-order valence-corrected chi connectivity index (χ4v) is 3.62. The lowest BCUT2D eigenvalue weighted by Crippen LogP contribution is -2.28. The van der Waals surface area contributed by atoms with Crippen molar-refractivity contribution in [3.63, 3.8) is 0 Å². The summed E-state index contributed by atoms with van der Waals surface area (Å²) in [6.45, 7) is 1.20. The number of fused-ring (bicyclic) bond motifs is 2. The lowest BCUT2D eigenvalue weighted by Gasteiger charge is -2.16. The van der Waals surface area contributed by atoms with Crippen molar-refractivity contribution in [3.05, 3.63) is 77.4 Å². The number of aliphatic hydroxyl groups is 1. The molecule has 1 aliphatic rings. The van der Waals surface area contributed by atoms with Crippen LogP contribution in [0.4, 0.5) is 5.69 Å². The number of nitrogens with one attached hydrogen (secondary N) is 1. The fourth-order valence-electron chi connectivity index (χ4n) is 3.62. The van der Waals surface area contributed by atoms with Gasteiger partial charge in [0, 0.05) is 31.4 Å². The van der Waals surface area contributed by atoms with E-state index in [0.29, 0.717) is 5.56 Å². The van der Waals surface area contributed by atoms with Gasteiger partial charge in [-0.15, -0.1) is 0 Å². The van der Waals surface area contributed by atoms with Crippen LogP contribution in [-0.2, 0) is 6.42 Å². The van der Waals surface area contributed by atoms with Crippen molar-refractivity contribution in [3.8, 4) is 0 Å². The Morgan fingerprint density at radius 3 is 2.85 bits per heavy atom. The molecule has 0 aliphatic carbocycles. The molecule has 1 heterocycles. The monoisotopic (exact) mass is 346 g/mol. The lowest BCUT2D eigenvalue weighted by atomic mass is 10.0. The number of amides is 1. The molecular formula is C22H22N2O2. The molecule has 132 valence electrons. The first-order chi connectivity index (χ1) is 12.6. The number of rotatable bonds is 4. The summed E-state index contributed by atoms with van der Waals surface area (Å²) < 4.78 is 0. The van der Waals surface area contributed by atoms with Crippen LogP contribution in [-0.4, -0.2) is 31.2 Å². The molecule has 0 saturated heterocycles. The van der Waals surface area contributed by atoms with Crippen molar-refractivity contribution >= 4 is 22.4 Å². The molecule has 1 amide bonds. The third-order valence-corrected chi connectivity index (χ3v) is 5.11. The molecule has 1 aliphatic heterocycles. The van der Waals surface area contributed by atoms with E-state index in [2.05, 4.69) is 17.3 Å². The van der Waals surface area contributed by atoms with Gasteiger partial charge in [0.2, 0.25) is 0 Å².